The van der Waals surface area contributed by atoms with Crippen molar-refractivity contribution in [2.45, 2.75) is 38.5 Å². The summed E-state index contributed by atoms with van der Waals surface area (Å²) in [6.45, 7) is 2.31. The van der Waals surface area contributed by atoms with Crippen molar-refractivity contribution in [2.24, 2.45) is 5.92 Å². The zero-order chi connectivity index (χ0) is 21.3. The van der Waals surface area contributed by atoms with Crippen LogP contribution in [0.5, 0.6) is 0 Å². The molecule has 2 aliphatic heterocycles. The first-order valence-electron chi connectivity index (χ1n) is 10.2. The summed E-state index contributed by atoms with van der Waals surface area (Å²) in [4.78, 5) is 27.5. The molecule has 3 atom stereocenters. The van der Waals surface area contributed by atoms with Crippen molar-refractivity contribution in [3.8, 4) is 0 Å². The van der Waals surface area contributed by atoms with Gasteiger partial charge in [0.15, 0.2) is 9.84 Å². The lowest BCUT2D eigenvalue weighted by atomic mass is 9.92. The first-order chi connectivity index (χ1) is 14.4. The van der Waals surface area contributed by atoms with E-state index in [1.54, 1.807) is 12.2 Å². The van der Waals surface area contributed by atoms with Crippen LogP contribution in [0.25, 0.3) is 0 Å². The quantitative estimate of drug-likeness (QED) is 0.532. The van der Waals surface area contributed by atoms with E-state index in [1.807, 2.05) is 42.5 Å². The summed E-state index contributed by atoms with van der Waals surface area (Å²) in [5.74, 6) is -1.35. The van der Waals surface area contributed by atoms with Crippen LogP contribution >= 0.6 is 0 Å². The Morgan fingerprint density at radius 3 is 2.50 bits per heavy atom. The largest absolute Gasteiger partial charge is 0.453 e. The van der Waals surface area contributed by atoms with Gasteiger partial charge in [0.25, 0.3) is 5.91 Å². The molecule has 0 unspecified atom stereocenters. The highest BCUT2D eigenvalue weighted by molar-refractivity contribution is 7.91. The molecule has 30 heavy (non-hydrogen) atoms. The Hall–Kier alpha value is -2.67. The van der Waals surface area contributed by atoms with Gasteiger partial charge in [-0.25, -0.2) is 13.2 Å². The molecule has 158 valence electrons. The zero-order valence-electron chi connectivity index (χ0n) is 16.9. The van der Waals surface area contributed by atoms with Crippen molar-refractivity contribution in [1.29, 1.82) is 0 Å². The number of benzene rings is 1. The molecular formula is C23H25NO5S. The average Bonchev–Trinajstić information content (AvgIpc) is 3.10. The molecule has 1 aliphatic carbocycles. The predicted molar refractivity (Wildman–Crippen MR) is 113 cm³/mol. The molecule has 1 fully saturated rings. The maximum absolute atomic E-state index is 13.4. The SMILES string of the molecule is CCc1ccc(CN(C(=O)C2=C[C@H]3C=CC=C[C@@H]3OC2=O)[C@H]2CCS(=O)(=O)C2)cc1. The number of amides is 1. The monoisotopic (exact) mass is 427 g/mol. The van der Waals surface area contributed by atoms with E-state index in [-0.39, 0.29) is 29.5 Å². The summed E-state index contributed by atoms with van der Waals surface area (Å²) in [6, 6.07) is 7.44. The molecule has 0 N–H and O–H groups in total. The molecule has 0 saturated carbocycles. The van der Waals surface area contributed by atoms with E-state index in [0.717, 1.165) is 12.0 Å². The number of aryl methyl sites for hydroxylation is 1. The van der Waals surface area contributed by atoms with Crippen molar-refractivity contribution in [3.63, 3.8) is 0 Å². The summed E-state index contributed by atoms with van der Waals surface area (Å²) >= 11 is 0. The molecule has 0 aromatic heterocycles. The number of rotatable bonds is 5. The minimum atomic E-state index is -3.19. The van der Waals surface area contributed by atoms with Crippen LogP contribution in [0, 0.1) is 5.92 Å². The van der Waals surface area contributed by atoms with Crippen LogP contribution in [-0.4, -0.2) is 48.8 Å². The van der Waals surface area contributed by atoms with E-state index >= 15 is 0 Å². The second-order valence-corrected chi connectivity index (χ2v) is 10.2. The first-order valence-corrected chi connectivity index (χ1v) is 12.1. The van der Waals surface area contributed by atoms with Gasteiger partial charge in [-0.3, -0.25) is 4.79 Å². The third-order valence-electron chi connectivity index (χ3n) is 5.87. The van der Waals surface area contributed by atoms with Gasteiger partial charge in [0, 0.05) is 18.5 Å². The van der Waals surface area contributed by atoms with Gasteiger partial charge in [0.1, 0.15) is 11.7 Å². The predicted octanol–water partition coefficient (Wildman–Crippen LogP) is 2.36. The highest BCUT2D eigenvalue weighted by Gasteiger charge is 2.40. The van der Waals surface area contributed by atoms with Crippen molar-refractivity contribution >= 4 is 21.7 Å². The molecule has 0 bridgehead atoms. The normalized spacial score (nSPS) is 26.6. The Bertz CT molecular complexity index is 1040. The van der Waals surface area contributed by atoms with E-state index in [0.29, 0.717) is 6.42 Å². The van der Waals surface area contributed by atoms with Gasteiger partial charge < -0.3 is 9.64 Å². The molecule has 1 saturated heterocycles. The van der Waals surface area contributed by atoms with E-state index in [9.17, 15) is 18.0 Å². The number of hydrogen-bond acceptors (Lipinski definition) is 5. The number of fused-ring (bicyclic) bond motifs is 1. The molecule has 0 spiro atoms. The van der Waals surface area contributed by atoms with Crippen LogP contribution in [0.15, 0.2) is 60.2 Å². The second-order valence-electron chi connectivity index (χ2n) is 7.96. The lowest BCUT2D eigenvalue weighted by Gasteiger charge is -2.32. The fourth-order valence-corrected chi connectivity index (χ4v) is 5.83. The fourth-order valence-electron chi connectivity index (χ4n) is 4.10. The minimum Gasteiger partial charge on any atom is -0.453 e. The van der Waals surface area contributed by atoms with E-state index in [4.69, 9.17) is 4.74 Å². The number of hydrogen-bond donors (Lipinski definition) is 0. The minimum absolute atomic E-state index is 0.0225. The Balaban J connectivity index is 1.63. The lowest BCUT2D eigenvalue weighted by Crippen LogP contribution is -2.44. The van der Waals surface area contributed by atoms with Crippen molar-refractivity contribution in [3.05, 3.63) is 71.3 Å². The first kappa shape index (κ1) is 20.6. The van der Waals surface area contributed by atoms with E-state index < -0.39 is 33.9 Å². The van der Waals surface area contributed by atoms with Crippen LogP contribution in [-0.2, 0) is 37.1 Å². The summed E-state index contributed by atoms with van der Waals surface area (Å²) in [6.07, 6.45) is 9.87. The molecule has 1 amide bonds. The van der Waals surface area contributed by atoms with Gasteiger partial charge in [-0.15, -0.1) is 0 Å². The smallest absolute Gasteiger partial charge is 0.344 e. The van der Waals surface area contributed by atoms with E-state index in [2.05, 4.69) is 6.92 Å². The maximum Gasteiger partial charge on any atom is 0.344 e. The summed E-state index contributed by atoms with van der Waals surface area (Å²) in [7, 11) is -3.19. The molecule has 2 heterocycles. The van der Waals surface area contributed by atoms with Crippen molar-refractivity contribution in [2.75, 3.05) is 11.5 Å². The second kappa shape index (κ2) is 8.22. The molecule has 1 aromatic carbocycles. The Labute approximate surface area is 176 Å². The number of esters is 1. The van der Waals surface area contributed by atoms with Gasteiger partial charge in [-0.2, -0.15) is 0 Å². The maximum atomic E-state index is 13.4. The highest BCUT2D eigenvalue weighted by atomic mass is 32.2. The van der Waals surface area contributed by atoms with Gasteiger partial charge in [-0.05, 0) is 30.0 Å². The number of ether oxygens (including phenoxy) is 1. The fraction of sp³-hybridized carbons (Fsp3) is 0.391. The molecule has 0 radical (unpaired) electrons. The van der Waals surface area contributed by atoms with Crippen molar-refractivity contribution < 1.29 is 22.7 Å². The number of carbonyl (C=O) groups is 2. The summed E-state index contributed by atoms with van der Waals surface area (Å²) < 4.78 is 29.6. The highest BCUT2D eigenvalue weighted by Crippen LogP contribution is 2.28. The number of allylic oxidation sites excluding steroid dienone is 2. The van der Waals surface area contributed by atoms with Gasteiger partial charge in [0.2, 0.25) is 0 Å². The number of nitrogens with zero attached hydrogens (tertiary/aromatic N) is 1. The van der Waals surface area contributed by atoms with Gasteiger partial charge in [-0.1, -0.05) is 55.5 Å². The average molecular weight is 428 g/mol. The van der Waals surface area contributed by atoms with Crippen LogP contribution in [0.1, 0.15) is 24.5 Å². The standard InChI is InChI=1S/C23H25NO5S/c1-2-16-7-9-17(10-8-16)14-24(19-11-12-30(27,28)15-19)22(25)20-13-18-5-3-4-6-21(18)29-23(20)26/h3-10,13,18-19,21H,2,11-12,14-15H2,1H3/t18-,19+,21+/m1/s1. The third kappa shape index (κ3) is 4.26. The molecule has 3 aliphatic rings. The molecular weight excluding hydrogens is 402 g/mol. The molecule has 6 nitrogen and oxygen atoms in total. The molecule has 4 rings (SSSR count). The zero-order valence-corrected chi connectivity index (χ0v) is 17.7. The van der Waals surface area contributed by atoms with Crippen LogP contribution in [0.2, 0.25) is 0 Å². The number of sulfone groups is 1. The van der Waals surface area contributed by atoms with Crippen molar-refractivity contribution in [1.82, 2.24) is 4.90 Å². The van der Waals surface area contributed by atoms with E-state index in [1.165, 1.54) is 10.5 Å². The van der Waals surface area contributed by atoms with Gasteiger partial charge in [0.05, 0.1) is 11.5 Å². The summed E-state index contributed by atoms with van der Waals surface area (Å²) in [5, 5.41) is 0. The lowest BCUT2D eigenvalue weighted by molar-refractivity contribution is -0.148. The van der Waals surface area contributed by atoms with Crippen LogP contribution in [0.4, 0.5) is 0 Å². The molecule has 1 aromatic rings. The summed E-state index contributed by atoms with van der Waals surface area (Å²) in [5.41, 5.74) is 2.06. The number of carbonyl (C=O) groups excluding carboxylic acids is 2. The van der Waals surface area contributed by atoms with Gasteiger partial charge >= 0.3 is 5.97 Å². The topological polar surface area (TPSA) is 80.8 Å². The molecule has 7 heteroatoms. The van der Waals surface area contributed by atoms with Crippen LogP contribution in [0.3, 0.4) is 0 Å². The third-order valence-corrected chi connectivity index (χ3v) is 7.62. The Kier molecular flexibility index (Phi) is 5.64. The van der Waals surface area contributed by atoms with Crippen LogP contribution < -0.4 is 0 Å². The Morgan fingerprint density at radius 2 is 1.83 bits per heavy atom. The Morgan fingerprint density at radius 1 is 1.13 bits per heavy atom.